The molecule has 0 aliphatic heterocycles. The van der Waals surface area contributed by atoms with Crippen molar-refractivity contribution >= 4 is 44.6 Å². The molecule has 0 saturated carbocycles. The standard InChI is InChI=1S/C20H20ClN3O4S2/c1-2-3-12-22-19(25)16-5-4-13-23-20(16)28-15-8-6-14(7-9-15)24-30(26,27)18-11-10-17(21)29-18/h4-11,13,24H,2-3,12H2,1H3,(H,22,25). The average molecular weight is 466 g/mol. The van der Waals surface area contributed by atoms with E-state index >= 15 is 0 Å². The van der Waals surface area contributed by atoms with Gasteiger partial charge in [0.2, 0.25) is 5.88 Å². The van der Waals surface area contributed by atoms with Gasteiger partial charge in [0, 0.05) is 18.4 Å². The van der Waals surface area contributed by atoms with Crippen LogP contribution in [0.3, 0.4) is 0 Å². The molecule has 0 spiro atoms. The van der Waals surface area contributed by atoms with Crippen LogP contribution in [0.2, 0.25) is 4.34 Å². The molecule has 0 atom stereocenters. The lowest BCUT2D eigenvalue weighted by Crippen LogP contribution is -2.24. The summed E-state index contributed by atoms with van der Waals surface area (Å²) in [6.07, 6.45) is 3.40. The lowest BCUT2D eigenvalue weighted by atomic mass is 10.2. The lowest BCUT2D eigenvalue weighted by molar-refractivity contribution is 0.0950. The molecule has 0 saturated heterocycles. The van der Waals surface area contributed by atoms with Crippen molar-refractivity contribution in [1.29, 1.82) is 0 Å². The van der Waals surface area contributed by atoms with E-state index in [0.717, 1.165) is 24.2 Å². The number of carbonyl (C=O) groups is 1. The number of unbranched alkanes of at least 4 members (excludes halogenated alkanes) is 1. The molecule has 0 aliphatic rings. The Hall–Kier alpha value is -2.62. The van der Waals surface area contributed by atoms with Gasteiger partial charge in [-0.15, -0.1) is 11.3 Å². The van der Waals surface area contributed by atoms with Gasteiger partial charge in [-0.1, -0.05) is 24.9 Å². The summed E-state index contributed by atoms with van der Waals surface area (Å²) in [5, 5.41) is 2.83. The fraction of sp³-hybridized carbons (Fsp3) is 0.200. The molecule has 3 rings (SSSR count). The molecule has 3 aromatic rings. The molecular weight excluding hydrogens is 446 g/mol. The van der Waals surface area contributed by atoms with E-state index in [-0.39, 0.29) is 16.0 Å². The fourth-order valence-corrected chi connectivity index (χ4v) is 5.01. The zero-order chi connectivity index (χ0) is 21.6. The number of carbonyl (C=O) groups excluding carboxylic acids is 1. The van der Waals surface area contributed by atoms with Gasteiger partial charge >= 0.3 is 0 Å². The van der Waals surface area contributed by atoms with Gasteiger partial charge < -0.3 is 10.1 Å². The Morgan fingerprint density at radius 3 is 2.60 bits per heavy atom. The maximum Gasteiger partial charge on any atom is 0.271 e. The van der Waals surface area contributed by atoms with Gasteiger partial charge in [0.15, 0.2) is 0 Å². The van der Waals surface area contributed by atoms with Gasteiger partial charge in [-0.05, 0) is 55.0 Å². The number of aromatic nitrogens is 1. The third kappa shape index (κ3) is 5.71. The molecule has 2 N–H and O–H groups in total. The zero-order valence-electron chi connectivity index (χ0n) is 16.1. The molecule has 10 heteroatoms. The van der Waals surface area contributed by atoms with E-state index in [1.165, 1.54) is 18.3 Å². The van der Waals surface area contributed by atoms with Crippen LogP contribution in [-0.4, -0.2) is 25.9 Å². The number of halogens is 1. The fourth-order valence-electron chi connectivity index (χ4n) is 2.47. The number of rotatable bonds is 9. The number of nitrogens with zero attached hydrogens (tertiary/aromatic N) is 1. The Labute approximate surface area is 184 Å². The first-order valence-corrected chi connectivity index (χ1v) is 11.9. The summed E-state index contributed by atoms with van der Waals surface area (Å²) in [6, 6.07) is 12.6. The van der Waals surface area contributed by atoms with Gasteiger partial charge in [-0.2, -0.15) is 0 Å². The van der Waals surface area contributed by atoms with Crippen LogP contribution >= 0.6 is 22.9 Å². The van der Waals surface area contributed by atoms with Gasteiger partial charge in [0.05, 0.1) is 4.34 Å². The minimum atomic E-state index is -3.72. The maximum absolute atomic E-state index is 12.4. The number of thiophene rings is 1. The van der Waals surface area contributed by atoms with Crippen LogP contribution in [-0.2, 0) is 10.0 Å². The van der Waals surface area contributed by atoms with Crippen molar-refractivity contribution in [3.05, 3.63) is 64.6 Å². The topological polar surface area (TPSA) is 97.4 Å². The number of nitrogens with one attached hydrogen (secondary N) is 2. The number of hydrogen-bond acceptors (Lipinski definition) is 6. The highest BCUT2D eigenvalue weighted by molar-refractivity contribution is 7.94. The third-order valence-electron chi connectivity index (χ3n) is 3.97. The second-order valence-electron chi connectivity index (χ2n) is 6.26. The van der Waals surface area contributed by atoms with Crippen LogP contribution in [0.15, 0.2) is 58.9 Å². The predicted octanol–water partition coefficient (Wildman–Crippen LogP) is 4.92. The largest absolute Gasteiger partial charge is 0.438 e. The Morgan fingerprint density at radius 1 is 1.17 bits per heavy atom. The van der Waals surface area contributed by atoms with E-state index in [4.69, 9.17) is 16.3 Å². The van der Waals surface area contributed by atoms with Crippen LogP contribution < -0.4 is 14.8 Å². The van der Waals surface area contributed by atoms with Crippen molar-refractivity contribution in [2.75, 3.05) is 11.3 Å². The van der Waals surface area contributed by atoms with Gasteiger partial charge in [0.25, 0.3) is 15.9 Å². The van der Waals surface area contributed by atoms with E-state index in [1.54, 1.807) is 36.4 Å². The van der Waals surface area contributed by atoms with E-state index in [2.05, 4.69) is 15.0 Å². The number of sulfonamides is 1. The van der Waals surface area contributed by atoms with Crippen LogP contribution in [0.1, 0.15) is 30.1 Å². The summed E-state index contributed by atoms with van der Waals surface area (Å²) in [7, 11) is -3.72. The lowest BCUT2D eigenvalue weighted by Gasteiger charge is -2.11. The highest BCUT2D eigenvalue weighted by Crippen LogP contribution is 2.28. The molecule has 0 aliphatic carbocycles. The molecule has 2 heterocycles. The highest BCUT2D eigenvalue weighted by Gasteiger charge is 2.17. The molecule has 1 aromatic carbocycles. The van der Waals surface area contributed by atoms with Crippen molar-refractivity contribution in [3.63, 3.8) is 0 Å². The molecule has 0 bridgehead atoms. The normalized spacial score (nSPS) is 11.1. The smallest absolute Gasteiger partial charge is 0.271 e. The van der Waals surface area contributed by atoms with Crippen LogP contribution in [0.5, 0.6) is 11.6 Å². The number of pyridine rings is 1. The number of ether oxygens (including phenoxy) is 1. The number of anilines is 1. The summed E-state index contributed by atoms with van der Waals surface area (Å²) in [4.78, 5) is 16.5. The molecule has 30 heavy (non-hydrogen) atoms. The van der Waals surface area contributed by atoms with Gasteiger partial charge in [0.1, 0.15) is 15.5 Å². The van der Waals surface area contributed by atoms with Crippen molar-refractivity contribution in [1.82, 2.24) is 10.3 Å². The SMILES string of the molecule is CCCCNC(=O)c1cccnc1Oc1ccc(NS(=O)(=O)c2ccc(Cl)s2)cc1. The summed E-state index contributed by atoms with van der Waals surface area (Å²) < 4.78 is 33.5. The summed E-state index contributed by atoms with van der Waals surface area (Å²) >= 11 is 6.79. The predicted molar refractivity (Wildman–Crippen MR) is 118 cm³/mol. The monoisotopic (exact) mass is 465 g/mol. The van der Waals surface area contributed by atoms with Gasteiger partial charge in [-0.25, -0.2) is 13.4 Å². The van der Waals surface area contributed by atoms with Crippen molar-refractivity contribution in [2.45, 2.75) is 24.0 Å². The highest BCUT2D eigenvalue weighted by atomic mass is 35.5. The summed E-state index contributed by atoms with van der Waals surface area (Å²) in [6.45, 7) is 2.62. The Kier molecular flexibility index (Phi) is 7.30. The first-order chi connectivity index (χ1) is 14.4. The van der Waals surface area contributed by atoms with E-state index < -0.39 is 10.0 Å². The summed E-state index contributed by atoms with van der Waals surface area (Å²) in [5.41, 5.74) is 0.693. The van der Waals surface area contributed by atoms with Crippen LogP contribution in [0.25, 0.3) is 0 Å². The minimum Gasteiger partial charge on any atom is -0.438 e. The van der Waals surface area contributed by atoms with Crippen molar-refractivity contribution in [3.8, 4) is 11.6 Å². The quantitative estimate of drug-likeness (QED) is 0.437. The first-order valence-electron chi connectivity index (χ1n) is 9.18. The molecule has 0 radical (unpaired) electrons. The number of amides is 1. The second-order valence-corrected chi connectivity index (χ2v) is 9.88. The number of benzene rings is 1. The molecule has 7 nitrogen and oxygen atoms in total. The van der Waals surface area contributed by atoms with E-state index in [1.807, 2.05) is 6.92 Å². The Morgan fingerprint density at radius 2 is 1.93 bits per heavy atom. The minimum absolute atomic E-state index is 0.125. The third-order valence-corrected chi connectivity index (χ3v) is 7.07. The molecule has 2 aromatic heterocycles. The Bertz CT molecular complexity index is 1120. The molecular formula is C20H20ClN3O4S2. The van der Waals surface area contributed by atoms with Crippen LogP contribution in [0, 0.1) is 0 Å². The van der Waals surface area contributed by atoms with Crippen molar-refractivity contribution < 1.29 is 17.9 Å². The first kappa shape index (κ1) is 22.1. The van der Waals surface area contributed by atoms with E-state index in [0.29, 0.717) is 27.9 Å². The molecule has 1 amide bonds. The average Bonchev–Trinajstić information content (AvgIpc) is 3.17. The second kappa shape index (κ2) is 9.92. The molecule has 158 valence electrons. The van der Waals surface area contributed by atoms with Gasteiger partial charge in [-0.3, -0.25) is 9.52 Å². The molecule has 0 fully saturated rings. The zero-order valence-corrected chi connectivity index (χ0v) is 18.5. The Balaban J connectivity index is 1.70. The van der Waals surface area contributed by atoms with Crippen molar-refractivity contribution in [2.24, 2.45) is 0 Å². The van der Waals surface area contributed by atoms with Crippen LogP contribution in [0.4, 0.5) is 5.69 Å². The van der Waals surface area contributed by atoms with E-state index in [9.17, 15) is 13.2 Å². The summed E-state index contributed by atoms with van der Waals surface area (Å²) in [5.74, 6) is 0.331. The molecule has 0 unspecified atom stereocenters. The maximum atomic E-state index is 12.4. The number of hydrogen-bond donors (Lipinski definition) is 2.